The highest BCUT2D eigenvalue weighted by atomic mass is 16.4. The second-order valence-electron chi connectivity index (χ2n) is 5.00. The standard InChI is InChI=1S/C13H26N2O3/c1-5-7-10(3)15-11(16)9-14-13(4,8-6-2)12(17)18/h10,14H,5-9H2,1-4H3,(H,15,16)(H,17,18). The van der Waals surface area contributed by atoms with Crippen LogP contribution < -0.4 is 10.6 Å². The molecule has 1 amide bonds. The van der Waals surface area contributed by atoms with E-state index in [9.17, 15) is 9.59 Å². The van der Waals surface area contributed by atoms with Crippen molar-refractivity contribution in [3.63, 3.8) is 0 Å². The molecule has 106 valence electrons. The van der Waals surface area contributed by atoms with Crippen molar-refractivity contribution >= 4 is 11.9 Å². The Morgan fingerprint density at radius 3 is 2.33 bits per heavy atom. The first-order valence-electron chi connectivity index (χ1n) is 6.63. The van der Waals surface area contributed by atoms with Gasteiger partial charge in [-0.3, -0.25) is 14.9 Å². The number of aliphatic carboxylic acids is 1. The Balaban J connectivity index is 4.20. The minimum atomic E-state index is -1.03. The Bertz CT molecular complexity index is 281. The fraction of sp³-hybridized carbons (Fsp3) is 0.846. The van der Waals surface area contributed by atoms with Crippen LogP contribution in [-0.2, 0) is 9.59 Å². The number of nitrogens with one attached hydrogen (secondary N) is 2. The molecule has 5 nitrogen and oxygen atoms in total. The second kappa shape index (κ2) is 8.08. The molecule has 0 aromatic heterocycles. The van der Waals surface area contributed by atoms with Crippen molar-refractivity contribution in [3.05, 3.63) is 0 Å². The summed E-state index contributed by atoms with van der Waals surface area (Å²) in [6.45, 7) is 7.58. The van der Waals surface area contributed by atoms with Crippen molar-refractivity contribution in [2.75, 3.05) is 6.54 Å². The van der Waals surface area contributed by atoms with Gasteiger partial charge in [0.1, 0.15) is 5.54 Å². The van der Waals surface area contributed by atoms with Crippen molar-refractivity contribution in [1.82, 2.24) is 10.6 Å². The monoisotopic (exact) mass is 258 g/mol. The van der Waals surface area contributed by atoms with Gasteiger partial charge in [-0.2, -0.15) is 0 Å². The van der Waals surface area contributed by atoms with Crippen LogP contribution in [0.1, 0.15) is 53.4 Å². The van der Waals surface area contributed by atoms with Crippen molar-refractivity contribution in [3.8, 4) is 0 Å². The fourth-order valence-electron chi connectivity index (χ4n) is 1.88. The molecular weight excluding hydrogens is 232 g/mol. The van der Waals surface area contributed by atoms with Crippen molar-refractivity contribution in [2.24, 2.45) is 0 Å². The van der Waals surface area contributed by atoms with Gasteiger partial charge < -0.3 is 10.4 Å². The van der Waals surface area contributed by atoms with Gasteiger partial charge in [-0.05, 0) is 26.7 Å². The summed E-state index contributed by atoms with van der Waals surface area (Å²) in [5.74, 6) is -1.07. The van der Waals surface area contributed by atoms with E-state index in [1.54, 1.807) is 6.92 Å². The quantitative estimate of drug-likeness (QED) is 0.586. The summed E-state index contributed by atoms with van der Waals surface area (Å²) in [5, 5.41) is 14.8. The molecule has 0 saturated heterocycles. The molecule has 18 heavy (non-hydrogen) atoms. The molecule has 0 spiro atoms. The van der Waals surface area contributed by atoms with E-state index in [2.05, 4.69) is 17.6 Å². The Morgan fingerprint density at radius 2 is 1.89 bits per heavy atom. The van der Waals surface area contributed by atoms with Crippen LogP contribution in [0.5, 0.6) is 0 Å². The molecule has 0 aliphatic rings. The van der Waals surface area contributed by atoms with Crippen molar-refractivity contribution in [1.29, 1.82) is 0 Å². The van der Waals surface area contributed by atoms with E-state index in [1.165, 1.54) is 0 Å². The first-order valence-corrected chi connectivity index (χ1v) is 6.63. The lowest BCUT2D eigenvalue weighted by molar-refractivity contribution is -0.144. The minimum Gasteiger partial charge on any atom is -0.480 e. The molecule has 0 fully saturated rings. The average Bonchev–Trinajstić information content (AvgIpc) is 2.27. The van der Waals surface area contributed by atoms with Crippen LogP contribution in [0.15, 0.2) is 0 Å². The zero-order chi connectivity index (χ0) is 14.2. The maximum absolute atomic E-state index is 11.6. The van der Waals surface area contributed by atoms with Gasteiger partial charge in [0, 0.05) is 6.04 Å². The number of rotatable bonds is 9. The highest BCUT2D eigenvalue weighted by molar-refractivity contribution is 5.82. The maximum Gasteiger partial charge on any atom is 0.323 e. The smallest absolute Gasteiger partial charge is 0.323 e. The fourth-order valence-corrected chi connectivity index (χ4v) is 1.88. The Labute approximate surface area is 109 Å². The molecule has 3 N–H and O–H groups in total. The number of amides is 1. The molecule has 0 radical (unpaired) electrons. The average molecular weight is 258 g/mol. The van der Waals surface area contributed by atoms with Crippen LogP contribution in [-0.4, -0.2) is 35.1 Å². The van der Waals surface area contributed by atoms with E-state index >= 15 is 0 Å². The summed E-state index contributed by atoms with van der Waals surface area (Å²) >= 11 is 0. The Kier molecular flexibility index (Phi) is 7.59. The van der Waals surface area contributed by atoms with Crippen LogP contribution in [0.4, 0.5) is 0 Å². The van der Waals surface area contributed by atoms with Gasteiger partial charge in [0.25, 0.3) is 0 Å². The molecule has 0 aromatic rings. The van der Waals surface area contributed by atoms with Gasteiger partial charge in [0.05, 0.1) is 6.54 Å². The minimum absolute atomic E-state index is 0.0385. The van der Waals surface area contributed by atoms with E-state index in [0.29, 0.717) is 6.42 Å². The highest BCUT2D eigenvalue weighted by Gasteiger charge is 2.31. The second-order valence-corrected chi connectivity index (χ2v) is 5.00. The number of hydrogen-bond donors (Lipinski definition) is 3. The molecule has 0 aliphatic carbocycles. The molecule has 0 heterocycles. The maximum atomic E-state index is 11.6. The third-order valence-corrected chi connectivity index (χ3v) is 2.99. The van der Waals surface area contributed by atoms with E-state index in [1.807, 2.05) is 13.8 Å². The molecular formula is C13H26N2O3. The van der Waals surface area contributed by atoms with Crippen molar-refractivity contribution in [2.45, 2.75) is 65.0 Å². The van der Waals surface area contributed by atoms with Gasteiger partial charge in [-0.15, -0.1) is 0 Å². The number of carboxylic acid groups (broad SMARTS) is 1. The van der Waals surface area contributed by atoms with Gasteiger partial charge >= 0.3 is 5.97 Å². The zero-order valence-electron chi connectivity index (χ0n) is 11.9. The molecule has 5 heteroatoms. The third-order valence-electron chi connectivity index (χ3n) is 2.99. The van der Waals surface area contributed by atoms with E-state index in [-0.39, 0.29) is 18.5 Å². The highest BCUT2D eigenvalue weighted by Crippen LogP contribution is 2.11. The lowest BCUT2D eigenvalue weighted by Gasteiger charge is -2.26. The number of hydrogen-bond acceptors (Lipinski definition) is 3. The number of carboxylic acids is 1. The van der Waals surface area contributed by atoms with Crippen LogP contribution in [0.25, 0.3) is 0 Å². The summed E-state index contributed by atoms with van der Waals surface area (Å²) in [5.41, 5.74) is -1.03. The van der Waals surface area contributed by atoms with Gasteiger partial charge in [-0.25, -0.2) is 0 Å². The zero-order valence-corrected chi connectivity index (χ0v) is 11.9. The van der Waals surface area contributed by atoms with E-state index < -0.39 is 11.5 Å². The predicted molar refractivity (Wildman–Crippen MR) is 71.5 cm³/mol. The summed E-state index contributed by atoms with van der Waals surface area (Å²) in [6, 6.07) is 0.131. The van der Waals surface area contributed by atoms with E-state index in [4.69, 9.17) is 5.11 Å². The third kappa shape index (κ3) is 6.00. The van der Waals surface area contributed by atoms with Gasteiger partial charge in [-0.1, -0.05) is 26.7 Å². The van der Waals surface area contributed by atoms with Crippen LogP contribution in [0.3, 0.4) is 0 Å². The van der Waals surface area contributed by atoms with E-state index in [0.717, 1.165) is 19.3 Å². The molecule has 0 bridgehead atoms. The lowest BCUT2D eigenvalue weighted by atomic mass is 9.96. The predicted octanol–water partition coefficient (Wildman–Crippen LogP) is 1.52. The molecule has 2 atom stereocenters. The van der Waals surface area contributed by atoms with Crippen molar-refractivity contribution < 1.29 is 14.7 Å². The Hall–Kier alpha value is -1.10. The molecule has 0 saturated carbocycles. The topological polar surface area (TPSA) is 78.4 Å². The van der Waals surface area contributed by atoms with Gasteiger partial charge in [0.2, 0.25) is 5.91 Å². The molecule has 0 aliphatic heterocycles. The summed E-state index contributed by atoms with van der Waals surface area (Å²) in [4.78, 5) is 22.8. The largest absolute Gasteiger partial charge is 0.480 e. The normalized spacial score (nSPS) is 15.8. The summed E-state index contributed by atoms with van der Waals surface area (Å²) < 4.78 is 0. The molecule has 0 aromatic carbocycles. The van der Waals surface area contributed by atoms with Crippen LogP contribution in [0.2, 0.25) is 0 Å². The first kappa shape index (κ1) is 16.9. The first-order chi connectivity index (χ1) is 8.35. The van der Waals surface area contributed by atoms with Crippen LogP contribution in [0, 0.1) is 0 Å². The Morgan fingerprint density at radius 1 is 1.28 bits per heavy atom. The number of carbonyl (C=O) groups excluding carboxylic acids is 1. The molecule has 2 unspecified atom stereocenters. The molecule has 0 rings (SSSR count). The summed E-state index contributed by atoms with van der Waals surface area (Å²) in [7, 11) is 0. The lowest BCUT2D eigenvalue weighted by Crippen LogP contribution is -2.53. The van der Waals surface area contributed by atoms with Gasteiger partial charge in [0.15, 0.2) is 0 Å². The summed E-state index contributed by atoms with van der Waals surface area (Å²) in [6.07, 6.45) is 3.19. The SMILES string of the molecule is CCCC(C)NC(=O)CNC(C)(CCC)C(=O)O. The van der Waals surface area contributed by atoms with Crippen LogP contribution >= 0.6 is 0 Å². The number of carbonyl (C=O) groups is 2.